The van der Waals surface area contributed by atoms with Crippen molar-refractivity contribution in [3.63, 3.8) is 0 Å². The molecule has 9 heteroatoms. The fraction of sp³-hybridized carbons (Fsp3) is 0.182. The van der Waals surface area contributed by atoms with Crippen molar-refractivity contribution < 1.29 is 24.0 Å². The highest BCUT2D eigenvalue weighted by Crippen LogP contribution is 2.36. The second-order valence-corrected chi connectivity index (χ2v) is 7.39. The molecule has 3 rings (SSSR count). The van der Waals surface area contributed by atoms with Gasteiger partial charge in [0.1, 0.15) is 6.61 Å². The van der Waals surface area contributed by atoms with E-state index < -0.39 is 16.1 Å². The van der Waals surface area contributed by atoms with Gasteiger partial charge in [-0.15, -0.1) is 0 Å². The Bertz CT molecular complexity index is 1070. The molecule has 31 heavy (non-hydrogen) atoms. The molecule has 0 N–H and O–H groups in total. The minimum absolute atomic E-state index is 0.137. The monoisotopic (exact) mass is 440 g/mol. The quantitative estimate of drug-likeness (QED) is 0.239. The van der Waals surface area contributed by atoms with E-state index in [9.17, 15) is 19.7 Å². The van der Waals surface area contributed by atoms with Gasteiger partial charge in [-0.3, -0.25) is 24.6 Å². The number of benzene rings is 2. The number of nitro groups is 1. The zero-order chi connectivity index (χ0) is 22.4. The van der Waals surface area contributed by atoms with Gasteiger partial charge in [0.2, 0.25) is 0 Å². The van der Waals surface area contributed by atoms with Crippen molar-refractivity contribution in [2.24, 2.45) is 0 Å². The summed E-state index contributed by atoms with van der Waals surface area (Å²) in [5.74, 6) is 0.554. The average molecular weight is 440 g/mol. The molecule has 8 nitrogen and oxygen atoms in total. The van der Waals surface area contributed by atoms with Gasteiger partial charge in [0.25, 0.3) is 16.8 Å². The van der Waals surface area contributed by atoms with Gasteiger partial charge in [0.05, 0.1) is 23.0 Å². The third kappa shape index (κ3) is 5.13. The number of amides is 2. The van der Waals surface area contributed by atoms with Crippen molar-refractivity contribution >= 4 is 34.7 Å². The third-order valence-electron chi connectivity index (χ3n) is 4.31. The lowest BCUT2D eigenvalue weighted by atomic mass is 10.1. The normalized spacial score (nSPS) is 14.7. The number of nitro benzene ring substituents is 1. The van der Waals surface area contributed by atoms with Gasteiger partial charge in [0, 0.05) is 11.6 Å². The molecule has 160 valence electrons. The number of hydrogen-bond donors (Lipinski definition) is 0. The minimum atomic E-state index is -0.532. The lowest BCUT2D eigenvalue weighted by Crippen LogP contribution is -2.27. The zero-order valence-corrected chi connectivity index (χ0v) is 17.6. The van der Waals surface area contributed by atoms with Crippen molar-refractivity contribution in [2.75, 3.05) is 13.2 Å². The van der Waals surface area contributed by atoms with Crippen LogP contribution in [-0.2, 0) is 11.3 Å². The van der Waals surface area contributed by atoms with Gasteiger partial charge in [-0.2, -0.15) is 0 Å². The predicted molar refractivity (Wildman–Crippen MR) is 118 cm³/mol. The van der Waals surface area contributed by atoms with Crippen LogP contribution in [0.1, 0.15) is 18.1 Å². The van der Waals surface area contributed by atoms with Crippen LogP contribution in [0, 0.1) is 10.1 Å². The van der Waals surface area contributed by atoms with E-state index in [4.69, 9.17) is 9.47 Å². The second kappa shape index (κ2) is 9.94. The Hall–Kier alpha value is -3.59. The molecule has 1 saturated heterocycles. The molecule has 0 saturated carbocycles. The summed E-state index contributed by atoms with van der Waals surface area (Å²) < 4.78 is 11.2. The first kappa shape index (κ1) is 22.1. The zero-order valence-electron chi connectivity index (χ0n) is 16.8. The van der Waals surface area contributed by atoms with E-state index in [2.05, 4.69) is 6.58 Å². The number of nitrogens with zero attached hydrogens (tertiary/aromatic N) is 2. The molecule has 0 atom stereocenters. The summed E-state index contributed by atoms with van der Waals surface area (Å²) in [5.41, 5.74) is 0.811. The van der Waals surface area contributed by atoms with Gasteiger partial charge in [0.15, 0.2) is 11.5 Å². The first-order chi connectivity index (χ1) is 14.9. The SMILES string of the molecule is C=CCOc1ccc(/C=C2/SC(=O)N(Cc3ccccc3[N+](=O)[O-])C2=O)cc1OCC. The Morgan fingerprint density at radius 1 is 1.16 bits per heavy atom. The standard InChI is InChI=1S/C22H20N2O6S/c1-3-11-30-18-10-9-15(12-19(18)29-4-2)13-20-21(25)23(22(26)31-20)14-16-7-5-6-8-17(16)24(27)28/h3,5-10,12-13H,1,4,11,14H2,2H3/b20-13+. The summed E-state index contributed by atoms with van der Waals surface area (Å²) in [6.45, 7) is 6.05. The van der Waals surface area contributed by atoms with Crippen LogP contribution in [0.15, 0.2) is 60.0 Å². The van der Waals surface area contributed by atoms with E-state index in [0.717, 1.165) is 16.7 Å². The van der Waals surface area contributed by atoms with Gasteiger partial charge in [-0.1, -0.05) is 36.9 Å². The van der Waals surface area contributed by atoms with Crippen LogP contribution in [0.3, 0.4) is 0 Å². The Balaban J connectivity index is 1.84. The van der Waals surface area contributed by atoms with E-state index in [1.165, 1.54) is 18.2 Å². The van der Waals surface area contributed by atoms with Gasteiger partial charge in [-0.25, -0.2) is 0 Å². The molecule has 0 unspecified atom stereocenters. The Kier molecular flexibility index (Phi) is 7.09. The largest absolute Gasteiger partial charge is 0.490 e. The molecule has 2 aromatic carbocycles. The number of imide groups is 1. The highest BCUT2D eigenvalue weighted by Gasteiger charge is 2.36. The summed E-state index contributed by atoms with van der Waals surface area (Å²) in [7, 11) is 0. The maximum Gasteiger partial charge on any atom is 0.293 e. The molecule has 0 spiro atoms. The van der Waals surface area contributed by atoms with E-state index in [0.29, 0.717) is 35.8 Å². The van der Waals surface area contributed by atoms with Gasteiger partial charge < -0.3 is 9.47 Å². The number of carbonyl (C=O) groups excluding carboxylic acids is 2. The van der Waals surface area contributed by atoms with Crippen LogP contribution in [0.4, 0.5) is 10.5 Å². The van der Waals surface area contributed by atoms with E-state index in [1.54, 1.807) is 36.4 Å². The first-order valence-electron chi connectivity index (χ1n) is 9.42. The van der Waals surface area contributed by atoms with Crippen LogP contribution in [0.25, 0.3) is 6.08 Å². The number of carbonyl (C=O) groups is 2. The van der Waals surface area contributed by atoms with Crippen molar-refractivity contribution in [2.45, 2.75) is 13.5 Å². The van der Waals surface area contributed by atoms with Crippen LogP contribution in [0.5, 0.6) is 11.5 Å². The van der Waals surface area contributed by atoms with Crippen molar-refractivity contribution in [3.05, 3.63) is 81.3 Å². The van der Waals surface area contributed by atoms with E-state index >= 15 is 0 Å². The molecule has 1 heterocycles. The Labute approximate surface area is 183 Å². The summed E-state index contributed by atoms with van der Waals surface area (Å²) in [6.07, 6.45) is 3.21. The van der Waals surface area contributed by atoms with Crippen LogP contribution < -0.4 is 9.47 Å². The molecule has 1 aliphatic rings. The maximum absolute atomic E-state index is 12.8. The van der Waals surface area contributed by atoms with Crippen molar-refractivity contribution in [3.8, 4) is 11.5 Å². The Morgan fingerprint density at radius 2 is 1.94 bits per heavy atom. The summed E-state index contributed by atoms with van der Waals surface area (Å²) in [5, 5.41) is 10.7. The van der Waals surface area contributed by atoms with Gasteiger partial charge in [-0.05, 0) is 42.5 Å². The van der Waals surface area contributed by atoms with Crippen LogP contribution >= 0.6 is 11.8 Å². The lowest BCUT2D eigenvalue weighted by molar-refractivity contribution is -0.385. The summed E-state index contributed by atoms with van der Waals surface area (Å²) >= 11 is 0.791. The number of rotatable bonds is 9. The van der Waals surface area contributed by atoms with Crippen molar-refractivity contribution in [1.82, 2.24) is 4.90 Å². The van der Waals surface area contributed by atoms with E-state index in [-0.39, 0.29) is 17.1 Å². The van der Waals surface area contributed by atoms with Gasteiger partial charge >= 0.3 is 0 Å². The fourth-order valence-corrected chi connectivity index (χ4v) is 3.77. The number of ether oxygens (including phenoxy) is 2. The summed E-state index contributed by atoms with van der Waals surface area (Å²) in [4.78, 5) is 37.1. The second-order valence-electron chi connectivity index (χ2n) is 6.39. The maximum atomic E-state index is 12.8. The molecular weight excluding hydrogens is 420 g/mol. The highest BCUT2D eigenvalue weighted by atomic mass is 32.2. The third-order valence-corrected chi connectivity index (χ3v) is 5.22. The van der Waals surface area contributed by atoms with Crippen LogP contribution in [0.2, 0.25) is 0 Å². The molecule has 0 bridgehead atoms. The minimum Gasteiger partial charge on any atom is -0.490 e. The molecule has 1 fully saturated rings. The lowest BCUT2D eigenvalue weighted by Gasteiger charge is -2.12. The first-order valence-corrected chi connectivity index (χ1v) is 10.2. The predicted octanol–water partition coefficient (Wildman–Crippen LogP) is 4.79. The van der Waals surface area contributed by atoms with E-state index in [1.807, 2.05) is 6.92 Å². The molecule has 2 aromatic rings. The fourth-order valence-electron chi connectivity index (χ4n) is 2.93. The smallest absolute Gasteiger partial charge is 0.293 e. The van der Waals surface area contributed by atoms with Crippen molar-refractivity contribution in [1.29, 1.82) is 0 Å². The number of thioether (sulfide) groups is 1. The molecule has 1 aliphatic heterocycles. The number of para-hydroxylation sites is 1. The molecule has 2 amide bonds. The Morgan fingerprint density at radius 3 is 2.65 bits per heavy atom. The topological polar surface area (TPSA) is 99.0 Å². The molecule has 0 aromatic heterocycles. The number of hydrogen-bond acceptors (Lipinski definition) is 7. The highest BCUT2D eigenvalue weighted by molar-refractivity contribution is 8.18. The van der Waals surface area contributed by atoms with Crippen LogP contribution in [-0.4, -0.2) is 34.2 Å². The molecule has 0 aliphatic carbocycles. The molecular formula is C22H20N2O6S. The molecule has 0 radical (unpaired) electrons. The average Bonchev–Trinajstić information content (AvgIpc) is 3.01. The summed E-state index contributed by atoms with van der Waals surface area (Å²) in [6, 6.07) is 11.2.